The summed E-state index contributed by atoms with van der Waals surface area (Å²) in [7, 11) is 0. The lowest BCUT2D eigenvalue weighted by Crippen LogP contribution is -2.44. The molecule has 1 amide bonds. The second-order valence-corrected chi connectivity index (χ2v) is 6.56. The van der Waals surface area contributed by atoms with Crippen LogP contribution in [0, 0.1) is 13.8 Å². The quantitative estimate of drug-likeness (QED) is 0.599. The van der Waals surface area contributed by atoms with Gasteiger partial charge in [0.25, 0.3) is 5.91 Å². The molecular formula is C21H22N2O4. The van der Waals surface area contributed by atoms with E-state index in [2.05, 4.69) is 10.3 Å². The van der Waals surface area contributed by atoms with Gasteiger partial charge in [-0.25, -0.2) is 4.79 Å². The molecule has 6 heteroatoms. The molecule has 0 radical (unpaired) electrons. The van der Waals surface area contributed by atoms with Gasteiger partial charge in [0.1, 0.15) is 11.8 Å². The van der Waals surface area contributed by atoms with Crippen molar-refractivity contribution in [2.45, 2.75) is 26.3 Å². The SMILES string of the molecule is Cc1ccc(OCC(=O)NC(Cc2c[nH]c3ccccc23)C(=O)O)cc1C. The van der Waals surface area contributed by atoms with Crippen molar-refractivity contribution in [3.63, 3.8) is 0 Å². The Morgan fingerprint density at radius 2 is 1.93 bits per heavy atom. The van der Waals surface area contributed by atoms with E-state index >= 15 is 0 Å². The summed E-state index contributed by atoms with van der Waals surface area (Å²) in [5.74, 6) is -0.975. The van der Waals surface area contributed by atoms with E-state index in [4.69, 9.17) is 4.74 Å². The van der Waals surface area contributed by atoms with Crippen LogP contribution in [0.2, 0.25) is 0 Å². The Morgan fingerprint density at radius 3 is 2.67 bits per heavy atom. The number of carbonyl (C=O) groups excluding carboxylic acids is 1. The topological polar surface area (TPSA) is 91.4 Å². The average Bonchev–Trinajstić information content (AvgIpc) is 3.05. The number of carboxylic acid groups (broad SMARTS) is 1. The van der Waals surface area contributed by atoms with E-state index in [1.54, 1.807) is 12.3 Å². The van der Waals surface area contributed by atoms with Crippen LogP contribution in [0.3, 0.4) is 0 Å². The maximum atomic E-state index is 12.2. The summed E-state index contributed by atoms with van der Waals surface area (Å²) in [5.41, 5.74) is 3.97. The van der Waals surface area contributed by atoms with E-state index in [0.717, 1.165) is 27.6 Å². The highest BCUT2D eigenvalue weighted by molar-refractivity contribution is 5.87. The molecule has 0 bridgehead atoms. The third-order valence-corrected chi connectivity index (χ3v) is 4.58. The maximum Gasteiger partial charge on any atom is 0.326 e. The van der Waals surface area contributed by atoms with Gasteiger partial charge in [0.15, 0.2) is 6.61 Å². The predicted molar refractivity (Wildman–Crippen MR) is 103 cm³/mol. The minimum atomic E-state index is -1.08. The highest BCUT2D eigenvalue weighted by Gasteiger charge is 2.22. The number of aromatic amines is 1. The molecule has 140 valence electrons. The normalized spacial score (nSPS) is 11.9. The Hall–Kier alpha value is -3.28. The van der Waals surface area contributed by atoms with Gasteiger partial charge in [-0.15, -0.1) is 0 Å². The number of carbonyl (C=O) groups is 2. The van der Waals surface area contributed by atoms with Gasteiger partial charge >= 0.3 is 5.97 Å². The first-order valence-electron chi connectivity index (χ1n) is 8.71. The molecule has 3 aromatic rings. The van der Waals surface area contributed by atoms with Crippen LogP contribution in [0.25, 0.3) is 10.9 Å². The number of benzene rings is 2. The Bertz CT molecular complexity index is 977. The average molecular weight is 366 g/mol. The fraction of sp³-hybridized carbons (Fsp3) is 0.238. The van der Waals surface area contributed by atoms with Crippen molar-refractivity contribution in [3.8, 4) is 5.75 Å². The van der Waals surface area contributed by atoms with Crippen LogP contribution >= 0.6 is 0 Å². The molecule has 0 aliphatic heterocycles. The van der Waals surface area contributed by atoms with Crippen molar-refractivity contribution < 1.29 is 19.4 Å². The Morgan fingerprint density at radius 1 is 1.15 bits per heavy atom. The van der Waals surface area contributed by atoms with Crippen LogP contribution in [0.1, 0.15) is 16.7 Å². The number of fused-ring (bicyclic) bond motifs is 1. The first-order chi connectivity index (χ1) is 12.9. The Balaban J connectivity index is 1.62. The monoisotopic (exact) mass is 366 g/mol. The molecule has 0 aliphatic rings. The predicted octanol–water partition coefficient (Wildman–Crippen LogP) is 2.98. The summed E-state index contributed by atoms with van der Waals surface area (Å²) in [6.45, 7) is 3.72. The number of hydrogen-bond acceptors (Lipinski definition) is 3. The minimum absolute atomic E-state index is 0.189. The number of amides is 1. The standard InChI is InChI=1S/C21H22N2O4/c1-13-7-8-16(9-14(13)2)27-12-20(24)23-19(21(25)26)10-15-11-22-18-6-4-3-5-17(15)18/h3-9,11,19,22H,10,12H2,1-2H3,(H,23,24)(H,25,26). The Kier molecular flexibility index (Phi) is 5.45. The van der Waals surface area contributed by atoms with Gasteiger partial charge in [0.2, 0.25) is 0 Å². The van der Waals surface area contributed by atoms with Crippen molar-refractivity contribution in [2.24, 2.45) is 0 Å². The molecule has 27 heavy (non-hydrogen) atoms. The number of aliphatic carboxylic acids is 1. The molecule has 0 fully saturated rings. The van der Waals surface area contributed by atoms with Crippen molar-refractivity contribution in [1.29, 1.82) is 0 Å². The fourth-order valence-corrected chi connectivity index (χ4v) is 2.91. The molecule has 1 atom stereocenters. The van der Waals surface area contributed by atoms with Crippen molar-refractivity contribution in [3.05, 3.63) is 65.4 Å². The van der Waals surface area contributed by atoms with Crippen molar-refractivity contribution in [1.82, 2.24) is 10.3 Å². The lowest BCUT2D eigenvalue weighted by Gasteiger charge is -2.15. The van der Waals surface area contributed by atoms with E-state index in [-0.39, 0.29) is 13.0 Å². The van der Waals surface area contributed by atoms with Crippen LogP contribution in [0.4, 0.5) is 0 Å². The van der Waals surface area contributed by atoms with Crippen LogP contribution in [0.15, 0.2) is 48.7 Å². The molecule has 3 N–H and O–H groups in total. The van der Waals surface area contributed by atoms with Gasteiger partial charge in [-0.2, -0.15) is 0 Å². The molecular weight excluding hydrogens is 344 g/mol. The molecule has 1 aromatic heterocycles. The zero-order valence-electron chi connectivity index (χ0n) is 15.3. The molecule has 2 aromatic carbocycles. The molecule has 1 heterocycles. The number of ether oxygens (including phenoxy) is 1. The molecule has 1 unspecified atom stereocenters. The largest absolute Gasteiger partial charge is 0.484 e. The lowest BCUT2D eigenvalue weighted by atomic mass is 10.1. The van der Waals surface area contributed by atoms with Gasteiger partial charge in [-0.1, -0.05) is 24.3 Å². The van der Waals surface area contributed by atoms with Gasteiger partial charge in [0.05, 0.1) is 0 Å². The summed E-state index contributed by atoms with van der Waals surface area (Å²) in [6.07, 6.45) is 1.97. The van der Waals surface area contributed by atoms with Crippen LogP contribution in [-0.2, 0) is 16.0 Å². The fourth-order valence-electron chi connectivity index (χ4n) is 2.91. The summed E-state index contributed by atoms with van der Waals surface area (Å²) in [5, 5.41) is 13.0. The van der Waals surface area contributed by atoms with E-state index < -0.39 is 17.9 Å². The molecule has 0 aliphatic carbocycles. The summed E-state index contributed by atoms with van der Waals surface area (Å²) in [4.78, 5) is 26.9. The summed E-state index contributed by atoms with van der Waals surface area (Å²) in [6, 6.07) is 12.2. The first-order valence-corrected chi connectivity index (χ1v) is 8.71. The summed E-state index contributed by atoms with van der Waals surface area (Å²) >= 11 is 0. The summed E-state index contributed by atoms with van der Waals surface area (Å²) < 4.78 is 5.48. The van der Waals surface area contributed by atoms with Crippen LogP contribution < -0.4 is 10.1 Å². The first kappa shape index (κ1) is 18.5. The van der Waals surface area contributed by atoms with E-state index in [9.17, 15) is 14.7 Å². The number of H-pyrrole nitrogens is 1. The minimum Gasteiger partial charge on any atom is -0.484 e. The number of para-hydroxylation sites is 1. The molecule has 0 saturated heterocycles. The smallest absolute Gasteiger partial charge is 0.326 e. The second-order valence-electron chi connectivity index (χ2n) is 6.56. The second kappa shape index (κ2) is 7.95. The number of carboxylic acids is 1. The Labute approximate surface area is 157 Å². The number of nitrogens with one attached hydrogen (secondary N) is 2. The van der Waals surface area contributed by atoms with Gasteiger partial charge in [0, 0.05) is 23.5 Å². The van der Waals surface area contributed by atoms with Crippen molar-refractivity contribution >= 4 is 22.8 Å². The molecule has 0 saturated carbocycles. The lowest BCUT2D eigenvalue weighted by molar-refractivity contribution is -0.142. The van der Waals surface area contributed by atoms with E-state index in [0.29, 0.717) is 5.75 Å². The molecule has 3 rings (SSSR count). The van der Waals surface area contributed by atoms with E-state index in [1.807, 2.05) is 50.2 Å². The van der Waals surface area contributed by atoms with Crippen molar-refractivity contribution in [2.75, 3.05) is 6.61 Å². The zero-order chi connectivity index (χ0) is 19.4. The van der Waals surface area contributed by atoms with Crippen LogP contribution in [-0.4, -0.2) is 34.6 Å². The highest BCUT2D eigenvalue weighted by Crippen LogP contribution is 2.19. The van der Waals surface area contributed by atoms with Gasteiger partial charge < -0.3 is 20.1 Å². The zero-order valence-corrected chi connectivity index (χ0v) is 15.3. The number of aryl methyl sites for hydroxylation is 2. The van der Waals surface area contributed by atoms with Gasteiger partial charge in [-0.3, -0.25) is 4.79 Å². The third kappa shape index (κ3) is 4.47. The number of rotatable bonds is 7. The number of aromatic nitrogens is 1. The molecule has 0 spiro atoms. The molecule has 6 nitrogen and oxygen atoms in total. The third-order valence-electron chi connectivity index (χ3n) is 4.58. The highest BCUT2D eigenvalue weighted by atomic mass is 16.5. The maximum absolute atomic E-state index is 12.2. The number of hydrogen-bond donors (Lipinski definition) is 3. The van der Waals surface area contributed by atoms with Gasteiger partial charge in [-0.05, 0) is 48.7 Å². The van der Waals surface area contributed by atoms with E-state index in [1.165, 1.54) is 0 Å². The van der Waals surface area contributed by atoms with Crippen LogP contribution in [0.5, 0.6) is 5.75 Å².